The zero-order chi connectivity index (χ0) is 17.7. The molecule has 24 heavy (non-hydrogen) atoms. The van der Waals surface area contributed by atoms with Crippen LogP contribution in [0.2, 0.25) is 0 Å². The first kappa shape index (κ1) is 18.0. The molecule has 0 spiro atoms. The van der Waals surface area contributed by atoms with E-state index >= 15 is 0 Å². The van der Waals surface area contributed by atoms with E-state index < -0.39 is 6.04 Å². The second-order valence-corrected chi connectivity index (χ2v) is 5.81. The normalized spacial score (nSPS) is 17.2. The number of aromatic nitrogens is 2. The van der Waals surface area contributed by atoms with Gasteiger partial charge in [-0.2, -0.15) is 5.10 Å². The van der Waals surface area contributed by atoms with Gasteiger partial charge in [-0.25, -0.2) is 4.79 Å². The number of hydrogen-bond donors (Lipinski definition) is 1. The lowest BCUT2D eigenvalue weighted by Crippen LogP contribution is -2.44. The Hall–Kier alpha value is -2.35. The van der Waals surface area contributed by atoms with Gasteiger partial charge in [0.1, 0.15) is 11.9 Å². The van der Waals surface area contributed by atoms with Crippen molar-refractivity contribution < 1.29 is 14.3 Å². The van der Waals surface area contributed by atoms with E-state index in [-0.39, 0.29) is 11.9 Å². The van der Waals surface area contributed by atoms with E-state index in [0.29, 0.717) is 38.4 Å². The summed E-state index contributed by atoms with van der Waals surface area (Å²) < 4.78 is 6.64. The molecule has 1 atom stereocenters. The second-order valence-electron chi connectivity index (χ2n) is 5.81. The van der Waals surface area contributed by atoms with Crippen molar-refractivity contribution in [1.82, 2.24) is 19.6 Å². The minimum Gasteiger partial charge on any atom is -0.384 e. The van der Waals surface area contributed by atoms with E-state index in [1.54, 1.807) is 36.9 Å². The van der Waals surface area contributed by atoms with Gasteiger partial charge in [0.05, 0.1) is 12.3 Å². The third-order valence-corrected chi connectivity index (χ3v) is 4.13. The molecule has 1 unspecified atom stereocenters. The van der Waals surface area contributed by atoms with E-state index in [1.807, 2.05) is 6.07 Å². The Morgan fingerprint density at radius 3 is 3.04 bits per heavy atom. The molecule has 1 aromatic heterocycles. The highest BCUT2D eigenvalue weighted by atomic mass is 16.5. The quantitative estimate of drug-likeness (QED) is 0.750. The number of urea groups is 1. The predicted molar refractivity (Wildman–Crippen MR) is 90.8 cm³/mol. The summed E-state index contributed by atoms with van der Waals surface area (Å²) in [7, 11) is 5.03. The maximum absolute atomic E-state index is 12.4. The minimum atomic E-state index is -0.439. The molecule has 3 amide bonds. The van der Waals surface area contributed by atoms with Crippen LogP contribution < -0.4 is 5.32 Å². The Bertz CT molecular complexity index is 613. The van der Waals surface area contributed by atoms with E-state index in [4.69, 9.17) is 4.74 Å². The lowest BCUT2D eigenvalue weighted by molar-refractivity contribution is -0.130. The Morgan fingerprint density at radius 2 is 2.38 bits per heavy atom. The first-order chi connectivity index (χ1) is 11.5. The average Bonchev–Trinajstić information content (AvgIpc) is 3.09. The van der Waals surface area contributed by atoms with Crippen LogP contribution in [0.1, 0.15) is 12.1 Å². The van der Waals surface area contributed by atoms with Crippen molar-refractivity contribution in [2.75, 3.05) is 39.2 Å². The van der Waals surface area contributed by atoms with E-state index in [2.05, 4.69) is 17.0 Å². The molecule has 8 nitrogen and oxygen atoms in total. The molecule has 0 radical (unpaired) electrons. The summed E-state index contributed by atoms with van der Waals surface area (Å²) in [5.74, 6) is 0.546. The Morgan fingerprint density at radius 1 is 1.62 bits per heavy atom. The molecule has 1 aliphatic rings. The summed E-state index contributed by atoms with van der Waals surface area (Å²) >= 11 is 0. The van der Waals surface area contributed by atoms with Crippen LogP contribution in [0.4, 0.5) is 10.6 Å². The van der Waals surface area contributed by atoms with Crippen LogP contribution in [0, 0.1) is 0 Å². The summed E-state index contributed by atoms with van der Waals surface area (Å²) in [4.78, 5) is 27.9. The molecular formula is C16H25N5O3. The van der Waals surface area contributed by atoms with Gasteiger partial charge >= 0.3 is 6.03 Å². The number of ether oxygens (including phenoxy) is 1. The molecule has 1 aliphatic heterocycles. The third kappa shape index (κ3) is 3.94. The fraction of sp³-hybridized carbons (Fsp3) is 0.562. The summed E-state index contributed by atoms with van der Waals surface area (Å²) in [6.07, 6.45) is 2.99. The SMILES string of the molecule is C=CCN1CCC(N(C)C(=O)Nc2cc(CCOC)nn2C)C1=O. The number of aryl methyl sites for hydroxylation is 1. The molecule has 8 heteroatoms. The molecule has 0 aromatic carbocycles. The third-order valence-electron chi connectivity index (χ3n) is 4.13. The van der Waals surface area contributed by atoms with Crippen LogP contribution in [0.5, 0.6) is 0 Å². The number of hydrogen-bond acceptors (Lipinski definition) is 4. The average molecular weight is 335 g/mol. The molecule has 1 fully saturated rings. The standard InChI is InChI=1S/C16H25N5O3/c1-5-8-21-9-6-13(15(21)22)19(2)16(23)17-14-11-12(7-10-24-4)18-20(14)3/h5,11,13H,1,6-10H2,2-4H3,(H,17,23). The number of rotatable bonds is 7. The van der Waals surface area contributed by atoms with Crippen molar-refractivity contribution in [3.05, 3.63) is 24.4 Å². The Labute approximate surface area is 142 Å². The fourth-order valence-corrected chi connectivity index (χ4v) is 2.73. The number of nitrogens with one attached hydrogen (secondary N) is 1. The highest BCUT2D eigenvalue weighted by molar-refractivity contribution is 5.94. The van der Waals surface area contributed by atoms with Crippen LogP contribution in [0.3, 0.4) is 0 Å². The van der Waals surface area contributed by atoms with E-state index in [1.165, 1.54) is 4.90 Å². The number of methoxy groups -OCH3 is 1. The summed E-state index contributed by atoms with van der Waals surface area (Å²) in [6.45, 7) is 5.36. The Kier molecular flexibility index (Phi) is 5.97. The molecule has 132 valence electrons. The zero-order valence-corrected chi connectivity index (χ0v) is 14.5. The van der Waals surface area contributed by atoms with Crippen molar-refractivity contribution in [1.29, 1.82) is 0 Å². The first-order valence-corrected chi connectivity index (χ1v) is 7.93. The largest absolute Gasteiger partial charge is 0.384 e. The van der Waals surface area contributed by atoms with Gasteiger partial charge in [0, 0.05) is 46.8 Å². The van der Waals surface area contributed by atoms with Gasteiger partial charge in [0.15, 0.2) is 0 Å². The molecule has 1 N–H and O–H groups in total. The van der Waals surface area contributed by atoms with Gasteiger partial charge in [-0.05, 0) is 6.42 Å². The summed E-state index contributed by atoms with van der Waals surface area (Å²) in [6, 6.07) is 1.05. The van der Waals surface area contributed by atoms with E-state index in [0.717, 1.165) is 5.69 Å². The van der Waals surface area contributed by atoms with Gasteiger partial charge < -0.3 is 14.5 Å². The van der Waals surface area contributed by atoms with Gasteiger partial charge in [-0.1, -0.05) is 6.08 Å². The predicted octanol–water partition coefficient (Wildman–Crippen LogP) is 0.860. The van der Waals surface area contributed by atoms with Gasteiger partial charge in [-0.15, -0.1) is 6.58 Å². The zero-order valence-electron chi connectivity index (χ0n) is 14.5. The monoisotopic (exact) mass is 335 g/mol. The van der Waals surface area contributed by atoms with Crippen molar-refractivity contribution in [3.63, 3.8) is 0 Å². The minimum absolute atomic E-state index is 0.0432. The fourth-order valence-electron chi connectivity index (χ4n) is 2.73. The Balaban J connectivity index is 1.98. The molecule has 0 bridgehead atoms. The number of amides is 3. The summed E-state index contributed by atoms with van der Waals surface area (Å²) in [5.41, 5.74) is 0.839. The molecule has 1 aromatic rings. The maximum Gasteiger partial charge on any atom is 0.323 e. The molecule has 2 heterocycles. The topological polar surface area (TPSA) is 79.7 Å². The molecule has 0 aliphatic carbocycles. The van der Waals surface area contributed by atoms with Crippen molar-refractivity contribution in [2.45, 2.75) is 18.9 Å². The van der Waals surface area contributed by atoms with Crippen molar-refractivity contribution in [2.24, 2.45) is 7.05 Å². The number of likely N-dealkylation sites (tertiary alicyclic amines) is 1. The van der Waals surface area contributed by atoms with Crippen LogP contribution in [0.25, 0.3) is 0 Å². The molecule has 2 rings (SSSR count). The van der Waals surface area contributed by atoms with Gasteiger partial charge in [0.2, 0.25) is 5.91 Å². The number of anilines is 1. The first-order valence-electron chi connectivity index (χ1n) is 7.93. The lowest BCUT2D eigenvalue weighted by atomic mass is 10.2. The number of likely N-dealkylation sites (N-methyl/N-ethyl adjacent to an activating group) is 1. The number of carbonyl (C=O) groups excluding carboxylic acids is 2. The smallest absolute Gasteiger partial charge is 0.323 e. The van der Waals surface area contributed by atoms with Crippen molar-refractivity contribution >= 4 is 17.8 Å². The molecule has 0 saturated carbocycles. The van der Waals surface area contributed by atoms with Gasteiger partial charge in [0.25, 0.3) is 0 Å². The molecular weight excluding hydrogens is 310 g/mol. The van der Waals surface area contributed by atoms with Crippen LogP contribution in [-0.2, 0) is 23.0 Å². The number of nitrogens with zero attached hydrogens (tertiary/aromatic N) is 4. The lowest BCUT2D eigenvalue weighted by Gasteiger charge is -2.23. The van der Waals surface area contributed by atoms with Crippen LogP contribution >= 0.6 is 0 Å². The number of carbonyl (C=O) groups is 2. The van der Waals surface area contributed by atoms with Crippen molar-refractivity contribution in [3.8, 4) is 0 Å². The summed E-state index contributed by atoms with van der Waals surface area (Å²) in [5, 5.41) is 7.13. The van der Waals surface area contributed by atoms with Crippen LogP contribution in [-0.4, -0.2) is 71.4 Å². The highest BCUT2D eigenvalue weighted by Gasteiger charge is 2.36. The van der Waals surface area contributed by atoms with E-state index in [9.17, 15) is 9.59 Å². The van der Waals surface area contributed by atoms with Crippen LogP contribution in [0.15, 0.2) is 18.7 Å². The van der Waals surface area contributed by atoms with Gasteiger partial charge in [-0.3, -0.25) is 14.8 Å². The highest BCUT2D eigenvalue weighted by Crippen LogP contribution is 2.18. The molecule has 1 saturated heterocycles. The second kappa shape index (κ2) is 7.96. The maximum atomic E-state index is 12.4.